The van der Waals surface area contributed by atoms with E-state index < -0.39 is 29.8 Å². The summed E-state index contributed by atoms with van der Waals surface area (Å²) in [5.41, 5.74) is 4.13. The maximum absolute atomic E-state index is 12.5. The standard InChI is InChI=1S/C28H25NO6/c30-17-19-7-12-21(13-8-19)20-10-5-18(6-11-20)9-14-25(31)24(28(34)35)15-16-29-26(32)22-3-1-2-4-23(22)27(29)33/h1-8,10-13,17,24-25,31H,9,14-16H2,(H,34,35)/t24-,25?/m1/s1. The van der Waals surface area contributed by atoms with Crippen LogP contribution in [0.1, 0.15) is 49.5 Å². The van der Waals surface area contributed by atoms with Crippen molar-refractivity contribution in [3.8, 4) is 11.1 Å². The predicted molar refractivity (Wildman–Crippen MR) is 129 cm³/mol. The van der Waals surface area contributed by atoms with Gasteiger partial charge in [0, 0.05) is 12.1 Å². The summed E-state index contributed by atoms with van der Waals surface area (Å²) in [6.07, 6.45) is 0.341. The molecule has 0 aliphatic carbocycles. The second-order valence-electron chi connectivity index (χ2n) is 8.58. The van der Waals surface area contributed by atoms with Gasteiger partial charge in [0.05, 0.1) is 23.1 Å². The third-order valence-corrected chi connectivity index (χ3v) is 6.39. The number of aldehydes is 1. The smallest absolute Gasteiger partial charge is 0.309 e. The molecule has 1 unspecified atom stereocenters. The summed E-state index contributed by atoms with van der Waals surface area (Å²) in [5.74, 6) is -3.15. The molecule has 2 N–H and O–H groups in total. The number of aliphatic hydroxyl groups is 1. The Morgan fingerprint density at radius 1 is 0.829 bits per heavy atom. The molecule has 0 spiro atoms. The summed E-state index contributed by atoms with van der Waals surface area (Å²) in [6.45, 7) is -0.0715. The minimum absolute atomic E-state index is 0.0301. The van der Waals surface area contributed by atoms with Gasteiger partial charge in [-0.3, -0.25) is 24.1 Å². The number of carbonyl (C=O) groups excluding carboxylic acids is 3. The largest absolute Gasteiger partial charge is 0.481 e. The lowest BCUT2D eigenvalue weighted by atomic mass is 9.93. The number of carboxylic acids is 1. The fourth-order valence-corrected chi connectivity index (χ4v) is 4.32. The molecule has 0 bridgehead atoms. The number of imide groups is 1. The van der Waals surface area contributed by atoms with Crippen LogP contribution >= 0.6 is 0 Å². The van der Waals surface area contributed by atoms with Gasteiger partial charge >= 0.3 is 5.97 Å². The molecule has 1 heterocycles. The van der Waals surface area contributed by atoms with Crippen molar-refractivity contribution in [1.29, 1.82) is 0 Å². The van der Waals surface area contributed by atoms with Gasteiger partial charge in [-0.1, -0.05) is 60.7 Å². The van der Waals surface area contributed by atoms with Crippen molar-refractivity contribution in [3.63, 3.8) is 0 Å². The molecule has 3 aromatic rings. The van der Waals surface area contributed by atoms with E-state index in [4.69, 9.17) is 0 Å². The van der Waals surface area contributed by atoms with Crippen molar-refractivity contribution in [2.24, 2.45) is 5.92 Å². The Hall–Kier alpha value is -4.10. The normalized spacial score (nSPS) is 14.5. The van der Waals surface area contributed by atoms with Crippen LogP contribution in [-0.2, 0) is 11.2 Å². The Morgan fingerprint density at radius 2 is 1.37 bits per heavy atom. The fraction of sp³-hybridized carbons (Fsp3) is 0.214. The number of benzene rings is 3. The summed E-state index contributed by atoms with van der Waals surface area (Å²) >= 11 is 0. The number of rotatable bonds is 10. The number of aliphatic carboxylic acids is 1. The Bertz CT molecular complexity index is 1210. The van der Waals surface area contributed by atoms with Crippen LogP contribution in [0.15, 0.2) is 72.8 Å². The number of hydrogen-bond donors (Lipinski definition) is 2. The number of aryl methyl sites for hydroxylation is 1. The van der Waals surface area contributed by atoms with Crippen LogP contribution < -0.4 is 0 Å². The van der Waals surface area contributed by atoms with Crippen LogP contribution in [0.5, 0.6) is 0 Å². The van der Waals surface area contributed by atoms with Gasteiger partial charge in [-0.15, -0.1) is 0 Å². The van der Waals surface area contributed by atoms with Gasteiger partial charge in [0.25, 0.3) is 11.8 Å². The lowest BCUT2D eigenvalue weighted by Gasteiger charge is -2.22. The Kier molecular flexibility index (Phi) is 7.17. The average molecular weight is 472 g/mol. The van der Waals surface area contributed by atoms with E-state index in [1.807, 2.05) is 36.4 Å². The van der Waals surface area contributed by atoms with E-state index in [0.29, 0.717) is 23.1 Å². The van der Waals surface area contributed by atoms with Crippen molar-refractivity contribution in [3.05, 3.63) is 95.1 Å². The van der Waals surface area contributed by atoms with E-state index in [1.54, 1.807) is 36.4 Å². The molecule has 0 aromatic heterocycles. The summed E-state index contributed by atoms with van der Waals surface area (Å²) in [7, 11) is 0. The third-order valence-electron chi connectivity index (χ3n) is 6.39. The van der Waals surface area contributed by atoms with Gasteiger partial charge in [-0.05, 0) is 48.1 Å². The number of aliphatic hydroxyl groups excluding tert-OH is 1. The van der Waals surface area contributed by atoms with E-state index >= 15 is 0 Å². The molecule has 7 heteroatoms. The van der Waals surface area contributed by atoms with Crippen LogP contribution in [0, 0.1) is 5.92 Å². The Morgan fingerprint density at radius 3 is 1.89 bits per heavy atom. The fourth-order valence-electron chi connectivity index (χ4n) is 4.32. The van der Waals surface area contributed by atoms with E-state index in [-0.39, 0.29) is 19.4 Å². The maximum Gasteiger partial charge on any atom is 0.309 e. The summed E-state index contributed by atoms with van der Waals surface area (Å²) in [6, 6.07) is 21.5. The van der Waals surface area contributed by atoms with E-state index in [1.165, 1.54) is 0 Å². The molecule has 0 fully saturated rings. The summed E-state index contributed by atoms with van der Waals surface area (Å²) in [5, 5.41) is 20.3. The van der Waals surface area contributed by atoms with Crippen LogP contribution in [0.4, 0.5) is 0 Å². The van der Waals surface area contributed by atoms with Gasteiger partial charge in [-0.25, -0.2) is 0 Å². The highest BCUT2D eigenvalue weighted by Gasteiger charge is 2.36. The van der Waals surface area contributed by atoms with Crippen LogP contribution in [-0.4, -0.2) is 51.8 Å². The average Bonchev–Trinajstić information content (AvgIpc) is 3.12. The van der Waals surface area contributed by atoms with Crippen molar-refractivity contribution in [1.82, 2.24) is 4.90 Å². The van der Waals surface area contributed by atoms with E-state index in [9.17, 15) is 29.4 Å². The van der Waals surface area contributed by atoms with Crippen LogP contribution in [0.2, 0.25) is 0 Å². The van der Waals surface area contributed by atoms with Crippen LogP contribution in [0.3, 0.4) is 0 Å². The van der Waals surface area contributed by atoms with Crippen molar-refractivity contribution in [2.45, 2.75) is 25.4 Å². The Balaban J connectivity index is 1.34. The second-order valence-corrected chi connectivity index (χ2v) is 8.58. The minimum Gasteiger partial charge on any atom is -0.481 e. The lowest BCUT2D eigenvalue weighted by molar-refractivity contribution is -0.146. The molecular formula is C28H25NO6. The molecule has 2 atom stereocenters. The number of carboxylic acid groups (broad SMARTS) is 1. The van der Waals surface area contributed by atoms with Crippen molar-refractivity contribution < 1.29 is 29.4 Å². The molecule has 1 aliphatic heterocycles. The van der Waals surface area contributed by atoms with Gasteiger partial charge in [0.2, 0.25) is 0 Å². The molecule has 0 radical (unpaired) electrons. The highest BCUT2D eigenvalue weighted by Crippen LogP contribution is 2.25. The molecule has 7 nitrogen and oxygen atoms in total. The number of carbonyl (C=O) groups is 4. The highest BCUT2D eigenvalue weighted by molar-refractivity contribution is 6.21. The van der Waals surface area contributed by atoms with Gasteiger partial charge in [-0.2, -0.15) is 0 Å². The highest BCUT2D eigenvalue weighted by atomic mass is 16.4. The zero-order valence-electron chi connectivity index (χ0n) is 19.0. The van der Waals surface area contributed by atoms with Gasteiger partial charge < -0.3 is 10.2 Å². The van der Waals surface area contributed by atoms with Crippen molar-refractivity contribution in [2.75, 3.05) is 6.54 Å². The van der Waals surface area contributed by atoms with E-state index in [0.717, 1.165) is 27.9 Å². The summed E-state index contributed by atoms with van der Waals surface area (Å²) < 4.78 is 0. The first-order valence-electron chi connectivity index (χ1n) is 11.4. The number of hydrogen-bond acceptors (Lipinski definition) is 5. The molecule has 178 valence electrons. The molecule has 1 aliphatic rings. The molecule has 0 saturated heterocycles. The number of nitrogens with zero attached hydrogens (tertiary/aromatic N) is 1. The maximum atomic E-state index is 12.5. The molecule has 0 saturated carbocycles. The number of fused-ring (bicyclic) bond motifs is 1. The minimum atomic E-state index is -1.16. The monoisotopic (exact) mass is 471 g/mol. The first-order chi connectivity index (χ1) is 16.9. The first kappa shape index (κ1) is 24.0. The van der Waals surface area contributed by atoms with Gasteiger partial charge in [0.15, 0.2) is 0 Å². The molecule has 35 heavy (non-hydrogen) atoms. The molecule has 3 aromatic carbocycles. The SMILES string of the molecule is O=Cc1ccc(-c2ccc(CCC(O)[C@@H](CCN3C(=O)c4ccccc4C3=O)C(=O)O)cc2)cc1. The third kappa shape index (κ3) is 5.20. The first-order valence-corrected chi connectivity index (χ1v) is 11.4. The predicted octanol–water partition coefficient (Wildman–Crippen LogP) is 3.85. The number of amides is 2. The Labute approximate surface area is 202 Å². The van der Waals surface area contributed by atoms with Gasteiger partial charge in [0.1, 0.15) is 6.29 Å². The second kappa shape index (κ2) is 10.4. The van der Waals surface area contributed by atoms with Crippen molar-refractivity contribution >= 4 is 24.1 Å². The summed E-state index contributed by atoms with van der Waals surface area (Å²) in [4.78, 5) is 48.7. The molecule has 2 amide bonds. The zero-order chi connectivity index (χ0) is 24.9. The van der Waals surface area contributed by atoms with E-state index in [2.05, 4.69) is 0 Å². The molecule has 4 rings (SSSR count). The zero-order valence-corrected chi connectivity index (χ0v) is 19.0. The quantitative estimate of drug-likeness (QED) is 0.343. The lowest BCUT2D eigenvalue weighted by Crippen LogP contribution is -2.36. The van der Waals surface area contributed by atoms with Crippen LogP contribution in [0.25, 0.3) is 11.1 Å². The topological polar surface area (TPSA) is 112 Å². The molecular weight excluding hydrogens is 446 g/mol.